The summed E-state index contributed by atoms with van der Waals surface area (Å²) < 4.78 is 65.4. The van der Waals surface area contributed by atoms with Gasteiger partial charge in [-0.3, -0.25) is 15.0 Å². The van der Waals surface area contributed by atoms with Crippen molar-refractivity contribution >= 4 is 45.0 Å². The van der Waals surface area contributed by atoms with E-state index in [-0.39, 0.29) is 23.9 Å². The monoisotopic (exact) mass is 697 g/mol. The minimum absolute atomic E-state index is 0.0711. The van der Waals surface area contributed by atoms with Gasteiger partial charge in [0, 0.05) is 26.2 Å². The van der Waals surface area contributed by atoms with Crippen LogP contribution in [-0.4, -0.2) is 76.1 Å². The number of rotatable bonds is 15. The minimum atomic E-state index is -5.08. The first kappa shape index (κ1) is 38.9. The van der Waals surface area contributed by atoms with Gasteiger partial charge in [0.2, 0.25) is 16.0 Å². The highest BCUT2D eigenvalue weighted by Crippen LogP contribution is 2.23. The predicted octanol–water partition coefficient (Wildman–Crippen LogP) is 3.96. The number of hydrogen-bond acceptors (Lipinski definition) is 10. The molecular formula is C29H34F3N7O8S. The summed E-state index contributed by atoms with van der Waals surface area (Å²) in [7, 11) is -0.251. The molecule has 0 radical (unpaired) electrons. The summed E-state index contributed by atoms with van der Waals surface area (Å²) in [5.41, 5.74) is 10.0. The molecule has 0 saturated carbocycles. The number of benzene rings is 3. The van der Waals surface area contributed by atoms with Crippen LogP contribution in [0.1, 0.15) is 12.0 Å². The second-order valence-electron chi connectivity index (χ2n) is 9.83. The molecule has 19 heteroatoms. The summed E-state index contributed by atoms with van der Waals surface area (Å²) >= 11 is 0. The number of aliphatic carboxylic acids is 2. The number of anilines is 1. The third-order valence-electron chi connectivity index (χ3n) is 5.84. The van der Waals surface area contributed by atoms with Crippen molar-refractivity contribution in [1.29, 1.82) is 5.41 Å². The number of ether oxygens (including phenoxy) is 1. The van der Waals surface area contributed by atoms with E-state index in [1.165, 1.54) is 24.3 Å². The molecule has 0 aliphatic carbocycles. The molecular weight excluding hydrogens is 663 g/mol. The normalized spacial score (nSPS) is 12.0. The van der Waals surface area contributed by atoms with E-state index in [0.717, 1.165) is 5.69 Å². The van der Waals surface area contributed by atoms with Crippen LogP contribution in [0.4, 0.5) is 30.2 Å². The Labute approximate surface area is 273 Å². The molecule has 1 atom stereocenters. The minimum Gasteiger partial charge on any atom is -0.494 e. The number of carboxylic acids is 2. The van der Waals surface area contributed by atoms with E-state index < -0.39 is 34.2 Å². The first-order valence-electron chi connectivity index (χ1n) is 13.8. The summed E-state index contributed by atoms with van der Waals surface area (Å²) in [6.45, 7) is 0.636. The van der Waals surface area contributed by atoms with E-state index in [0.29, 0.717) is 35.7 Å². The molecule has 0 aliphatic rings. The van der Waals surface area contributed by atoms with Gasteiger partial charge in [-0.15, -0.1) is 0 Å². The average molecular weight is 698 g/mol. The number of hydroxylamine groups is 1. The number of nitrogens with two attached hydrogens (primary N) is 1. The maximum atomic E-state index is 12.9. The van der Waals surface area contributed by atoms with Gasteiger partial charge in [0.1, 0.15) is 11.8 Å². The molecule has 15 nitrogen and oxygen atoms in total. The SMILES string of the molecule is CN(C)c1ccc(N=Nc2ccc(S(=O)(=O)N[C@@H](Cc3ccc(OCCCONC(=N)N)cc3)C(=O)O)cc2)cc1.O=C(O)C(F)(F)F. The van der Waals surface area contributed by atoms with Crippen molar-refractivity contribution < 1.29 is 51.0 Å². The third kappa shape index (κ3) is 14.0. The largest absolute Gasteiger partial charge is 0.494 e. The second-order valence-corrected chi connectivity index (χ2v) is 11.5. The molecule has 0 aromatic heterocycles. The molecule has 3 aromatic rings. The Bertz CT molecular complexity index is 1640. The van der Waals surface area contributed by atoms with Crippen LogP contribution >= 0.6 is 0 Å². The molecule has 0 spiro atoms. The molecule has 260 valence electrons. The summed E-state index contributed by atoms with van der Waals surface area (Å²) in [5.74, 6) is -3.79. The van der Waals surface area contributed by atoms with Crippen molar-refractivity contribution in [2.24, 2.45) is 16.0 Å². The predicted molar refractivity (Wildman–Crippen MR) is 168 cm³/mol. The van der Waals surface area contributed by atoms with Crippen LogP contribution in [0.25, 0.3) is 0 Å². The third-order valence-corrected chi connectivity index (χ3v) is 7.32. The van der Waals surface area contributed by atoms with Crippen LogP contribution in [-0.2, 0) is 30.9 Å². The fraction of sp³-hybridized carbons (Fsp3) is 0.276. The van der Waals surface area contributed by atoms with Crippen LogP contribution in [0.2, 0.25) is 0 Å². The standard InChI is InChI=1S/C27H33N7O6S.C2HF3O2/c1-34(2)22-10-6-20(7-11-22)30-31-21-8-14-24(15-9-21)41(37,38)33-25(26(35)36)18-19-4-12-23(13-5-19)39-16-3-17-40-32-27(28)29;3-2(4,5)1(6)7/h4-15,25,33H,3,16-18H2,1-2H3,(H,35,36)(H4,28,29,32);(H,6,7)/t25-;/m0./s1. The molecule has 0 saturated heterocycles. The summed E-state index contributed by atoms with van der Waals surface area (Å²) in [6.07, 6.45) is -4.61. The number of sulfonamides is 1. The Hall–Kier alpha value is -5.27. The second kappa shape index (κ2) is 18.2. The Morgan fingerprint density at radius 3 is 1.92 bits per heavy atom. The van der Waals surface area contributed by atoms with E-state index in [1.54, 1.807) is 24.3 Å². The Morgan fingerprint density at radius 2 is 1.46 bits per heavy atom. The highest BCUT2D eigenvalue weighted by atomic mass is 32.2. The van der Waals surface area contributed by atoms with E-state index in [2.05, 4.69) is 20.4 Å². The lowest BCUT2D eigenvalue weighted by molar-refractivity contribution is -0.192. The number of nitrogens with zero attached hydrogens (tertiary/aromatic N) is 3. The van der Waals surface area contributed by atoms with Gasteiger partial charge < -0.3 is 25.6 Å². The highest BCUT2D eigenvalue weighted by molar-refractivity contribution is 7.89. The molecule has 48 heavy (non-hydrogen) atoms. The van der Waals surface area contributed by atoms with E-state index in [9.17, 15) is 31.5 Å². The Kier molecular flexibility index (Phi) is 14.7. The van der Waals surface area contributed by atoms with Gasteiger partial charge >= 0.3 is 18.1 Å². The number of hydrogen-bond donors (Lipinski definition) is 6. The zero-order chi connectivity index (χ0) is 35.9. The van der Waals surface area contributed by atoms with Crippen LogP contribution in [0.5, 0.6) is 5.75 Å². The van der Waals surface area contributed by atoms with E-state index >= 15 is 0 Å². The molecule has 3 rings (SSSR count). The van der Waals surface area contributed by atoms with E-state index in [4.69, 9.17) is 30.6 Å². The first-order chi connectivity index (χ1) is 22.5. The molecule has 0 heterocycles. The number of guanidine groups is 1. The fourth-order valence-electron chi connectivity index (χ4n) is 3.47. The van der Waals surface area contributed by atoms with Gasteiger partial charge in [0.05, 0.1) is 29.5 Å². The number of carboxylic acid groups (broad SMARTS) is 2. The number of carbonyl (C=O) groups is 2. The molecule has 0 unspecified atom stereocenters. The zero-order valence-corrected chi connectivity index (χ0v) is 26.5. The lowest BCUT2D eigenvalue weighted by Gasteiger charge is -2.15. The van der Waals surface area contributed by atoms with Gasteiger partial charge in [-0.05, 0) is 72.6 Å². The van der Waals surface area contributed by atoms with Gasteiger partial charge in [-0.25, -0.2) is 18.7 Å². The van der Waals surface area contributed by atoms with Crippen molar-refractivity contribution in [3.63, 3.8) is 0 Å². The van der Waals surface area contributed by atoms with Crippen molar-refractivity contribution in [3.8, 4) is 5.75 Å². The Morgan fingerprint density at radius 1 is 0.938 bits per heavy atom. The number of azo groups is 1. The Balaban J connectivity index is 0.00000103. The molecule has 0 amide bonds. The van der Waals surface area contributed by atoms with Crippen molar-refractivity contribution in [3.05, 3.63) is 78.4 Å². The lowest BCUT2D eigenvalue weighted by Crippen LogP contribution is -2.42. The molecule has 3 aromatic carbocycles. The van der Waals surface area contributed by atoms with Gasteiger partial charge in [0.25, 0.3) is 0 Å². The van der Waals surface area contributed by atoms with Crippen LogP contribution < -0.4 is 25.6 Å². The molecule has 7 N–H and O–H groups in total. The number of alkyl halides is 3. The summed E-state index contributed by atoms with van der Waals surface area (Å²) in [5, 5.41) is 32.1. The van der Waals surface area contributed by atoms with Crippen LogP contribution in [0, 0.1) is 5.41 Å². The number of nitrogens with one attached hydrogen (secondary N) is 3. The van der Waals surface area contributed by atoms with Crippen LogP contribution in [0.3, 0.4) is 0 Å². The fourth-order valence-corrected chi connectivity index (χ4v) is 4.66. The molecule has 0 aliphatic heterocycles. The lowest BCUT2D eigenvalue weighted by atomic mass is 10.1. The quantitative estimate of drug-likeness (QED) is 0.0438. The zero-order valence-electron chi connectivity index (χ0n) is 25.6. The van der Waals surface area contributed by atoms with Gasteiger partial charge in [-0.1, -0.05) is 12.1 Å². The number of halogens is 3. The first-order valence-corrected chi connectivity index (χ1v) is 15.2. The smallest absolute Gasteiger partial charge is 0.490 e. The molecule has 0 fully saturated rings. The van der Waals surface area contributed by atoms with Crippen molar-refractivity contribution in [1.82, 2.24) is 10.2 Å². The topological polar surface area (TPSA) is 229 Å². The van der Waals surface area contributed by atoms with Gasteiger partial charge in [0.15, 0.2) is 0 Å². The summed E-state index contributed by atoms with van der Waals surface area (Å²) in [4.78, 5) is 27.6. The maximum absolute atomic E-state index is 12.9. The van der Waals surface area contributed by atoms with Gasteiger partial charge in [-0.2, -0.15) is 28.1 Å². The average Bonchev–Trinajstić information content (AvgIpc) is 3.02. The maximum Gasteiger partial charge on any atom is 0.490 e. The van der Waals surface area contributed by atoms with Crippen LogP contribution in [0.15, 0.2) is 87.9 Å². The van der Waals surface area contributed by atoms with Crippen molar-refractivity contribution in [2.75, 3.05) is 32.2 Å². The summed E-state index contributed by atoms with van der Waals surface area (Å²) in [6, 6.07) is 18.4. The molecule has 0 bridgehead atoms. The van der Waals surface area contributed by atoms with Crippen molar-refractivity contribution in [2.45, 2.75) is 30.0 Å². The van der Waals surface area contributed by atoms with E-state index in [1.807, 2.05) is 43.3 Å². The highest BCUT2D eigenvalue weighted by Gasteiger charge is 2.38.